The van der Waals surface area contributed by atoms with E-state index in [1.165, 1.54) is 6.92 Å². The van der Waals surface area contributed by atoms with Crippen LogP contribution in [-0.4, -0.2) is 11.6 Å². The van der Waals surface area contributed by atoms with Crippen LogP contribution in [-0.2, 0) is 10.9 Å². The van der Waals surface area contributed by atoms with E-state index in [0.29, 0.717) is 0 Å². The van der Waals surface area contributed by atoms with Gasteiger partial charge in [-0.3, -0.25) is 0 Å². The second kappa shape index (κ2) is 4.75. The van der Waals surface area contributed by atoms with Gasteiger partial charge in [0.2, 0.25) is 0 Å². The molecule has 6 heteroatoms. The molecular formula is C13H16F3NO2. The minimum atomic E-state index is -4.56. The lowest BCUT2D eigenvalue weighted by Crippen LogP contribution is -2.25. The van der Waals surface area contributed by atoms with Crippen molar-refractivity contribution >= 4 is 11.7 Å². The highest BCUT2D eigenvalue weighted by atomic mass is 19.4. The van der Waals surface area contributed by atoms with Crippen LogP contribution in [0.1, 0.15) is 42.3 Å². The van der Waals surface area contributed by atoms with Gasteiger partial charge < -0.3 is 10.5 Å². The largest absolute Gasteiger partial charge is 0.456 e. The fourth-order valence-electron chi connectivity index (χ4n) is 1.45. The number of alkyl halides is 3. The van der Waals surface area contributed by atoms with Crippen molar-refractivity contribution in [1.82, 2.24) is 0 Å². The van der Waals surface area contributed by atoms with Crippen LogP contribution in [0.2, 0.25) is 0 Å². The van der Waals surface area contributed by atoms with Crippen LogP contribution in [0.5, 0.6) is 0 Å². The molecule has 2 N–H and O–H groups in total. The van der Waals surface area contributed by atoms with Crippen molar-refractivity contribution < 1.29 is 22.7 Å². The number of nitrogens with two attached hydrogens (primary N) is 1. The van der Waals surface area contributed by atoms with E-state index in [1.54, 1.807) is 20.8 Å². The third-order valence-electron chi connectivity index (χ3n) is 2.39. The lowest BCUT2D eigenvalue weighted by molar-refractivity contribution is -0.137. The number of hydrogen-bond donors (Lipinski definition) is 1. The maximum absolute atomic E-state index is 12.7. The molecule has 0 aliphatic heterocycles. The first-order valence-corrected chi connectivity index (χ1v) is 5.62. The van der Waals surface area contributed by atoms with E-state index >= 15 is 0 Å². The van der Waals surface area contributed by atoms with E-state index < -0.39 is 23.3 Å². The summed E-state index contributed by atoms with van der Waals surface area (Å²) in [5, 5.41) is 0. The monoisotopic (exact) mass is 275 g/mol. The second-order valence-electron chi connectivity index (χ2n) is 5.24. The van der Waals surface area contributed by atoms with Crippen molar-refractivity contribution in [3.8, 4) is 0 Å². The van der Waals surface area contributed by atoms with Gasteiger partial charge in [0.1, 0.15) is 5.60 Å². The van der Waals surface area contributed by atoms with Crippen molar-refractivity contribution in [3.63, 3.8) is 0 Å². The number of carbonyl (C=O) groups excluding carboxylic acids is 1. The van der Waals surface area contributed by atoms with Gasteiger partial charge in [-0.15, -0.1) is 0 Å². The summed E-state index contributed by atoms with van der Waals surface area (Å²) in [6.07, 6.45) is -4.56. The van der Waals surface area contributed by atoms with Crippen LogP contribution in [0.3, 0.4) is 0 Å². The summed E-state index contributed by atoms with van der Waals surface area (Å²) in [5.41, 5.74) is 3.79. The summed E-state index contributed by atoms with van der Waals surface area (Å²) >= 11 is 0. The smallest absolute Gasteiger partial charge is 0.416 e. The summed E-state index contributed by atoms with van der Waals surface area (Å²) in [7, 11) is 0. The number of carbonyl (C=O) groups is 1. The van der Waals surface area contributed by atoms with E-state index in [2.05, 4.69) is 0 Å². The van der Waals surface area contributed by atoms with Crippen LogP contribution in [0, 0.1) is 6.92 Å². The zero-order valence-electron chi connectivity index (χ0n) is 11.2. The molecule has 0 fully saturated rings. The lowest BCUT2D eigenvalue weighted by atomic mass is 10.0. The number of rotatable bonds is 1. The van der Waals surface area contributed by atoms with Gasteiger partial charge in [-0.25, -0.2) is 4.79 Å². The summed E-state index contributed by atoms with van der Waals surface area (Å²) < 4.78 is 43.1. The molecule has 0 amide bonds. The van der Waals surface area contributed by atoms with Gasteiger partial charge in [-0.1, -0.05) is 0 Å². The predicted molar refractivity (Wildman–Crippen MR) is 65.8 cm³/mol. The Balaban J connectivity index is 3.28. The fraction of sp³-hybridized carbons (Fsp3) is 0.462. The molecule has 0 heterocycles. The molecule has 106 valence electrons. The third-order valence-corrected chi connectivity index (χ3v) is 2.39. The van der Waals surface area contributed by atoms with Gasteiger partial charge in [0.15, 0.2) is 0 Å². The molecule has 0 spiro atoms. The molecule has 3 nitrogen and oxygen atoms in total. The first kappa shape index (κ1) is 15.3. The maximum Gasteiger partial charge on any atom is 0.416 e. The van der Waals surface area contributed by atoms with Crippen molar-refractivity contribution in [2.24, 2.45) is 0 Å². The van der Waals surface area contributed by atoms with Crippen molar-refractivity contribution in [3.05, 3.63) is 28.8 Å². The molecule has 0 unspecified atom stereocenters. The molecule has 0 atom stereocenters. The molecule has 0 bridgehead atoms. The van der Waals surface area contributed by atoms with Gasteiger partial charge in [0.05, 0.1) is 11.1 Å². The molecule has 1 rings (SSSR count). The van der Waals surface area contributed by atoms with Gasteiger partial charge in [0.25, 0.3) is 0 Å². The van der Waals surface area contributed by atoms with E-state index in [0.717, 1.165) is 12.1 Å². The molecule has 0 aliphatic rings. The summed E-state index contributed by atoms with van der Waals surface area (Å²) in [5.74, 6) is -0.817. The van der Waals surface area contributed by atoms with Gasteiger partial charge in [-0.05, 0) is 45.4 Å². The van der Waals surface area contributed by atoms with Crippen LogP contribution < -0.4 is 5.73 Å². The number of anilines is 1. The quantitative estimate of drug-likeness (QED) is 0.630. The standard InChI is InChI=1S/C13H16F3NO2/c1-7-9(11(18)19-12(2,3)4)5-8(6-10(7)17)13(14,15)16/h5-6H,17H2,1-4H3. The van der Waals surface area contributed by atoms with Crippen LogP contribution in [0.25, 0.3) is 0 Å². The second-order valence-corrected chi connectivity index (χ2v) is 5.24. The van der Waals surface area contributed by atoms with Gasteiger partial charge in [-0.2, -0.15) is 13.2 Å². The van der Waals surface area contributed by atoms with Crippen molar-refractivity contribution in [2.75, 3.05) is 5.73 Å². The first-order chi connectivity index (χ1) is 8.42. The maximum atomic E-state index is 12.7. The van der Waals surface area contributed by atoms with Gasteiger partial charge in [0, 0.05) is 5.69 Å². The van der Waals surface area contributed by atoms with Crippen molar-refractivity contribution in [2.45, 2.75) is 39.5 Å². The number of halogens is 3. The average Bonchev–Trinajstić information content (AvgIpc) is 2.17. The number of benzene rings is 1. The SMILES string of the molecule is Cc1c(N)cc(C(F)(F)F)cc1C(=O)OC(C)(C)C. The molecular weight excluding hydrogens is 259 g/mol. The zero-order chi connectivity index (χ0) is 15.0. The molecule has 1 aromatic rings. The number of esters is 1. The Kier molecular flexibility index (Phi) is 3.84. The normalized spacial score (nSPS) is 12.4. The highest BCUT2D eigenvalue weighted by Crippen LogP contribution is 2.33. The predicted octanol–water partition coefficient (Wildman–Crippen LogP) is 3.55. The van der Waals surface area contributed by atoms with E-state index in [9.17, 15) is 18.0 Å². The van der Waals surface area contributed by atoms with Crippen LogP contribution >= 0.6 is 0 Å². The fourth-order valence-corrected chi connectivity index (χ4v) is 1.45. The minimum absolute atomic E-state index is 0.0873. The molecule has 1 aromatic carbocycles. The van der Waals surface area contributed by atoms with Crippen LogP contribution in [0.15, 0.2) is 12.1 Å². The Morgan fingerprint density at radius 2 is 1.74 bits per heavy atom. The van der Waals surface area contributed by atoms with E-state index in [-0.39, 0.29) is 16.8 Å². The molecule has 19 heavy (non-hydrogen) atoms. The number of nitrogen functional groups attached to an aromatic ring is 1. The van der Waals surface area contributed by atoms with E-state index in [1.807, 2.05) is 0 Å². The topological polar surface area (TPSA) is 52.3 Å². The number of hydrogen-bond acceptors (Lipinski definition) is 3. The molecule has 0 saturated heterocycles. The Morgan fingerprint density at radius 3 is 2.16 bits per heavy atom. The first-order valence-electron chi connectivity index (χ1n) is 5.62. The Hall–Kier alpha value is -1.72. The zero-order valence-corrected chi connectivity index (χ0v) is 11.2. The Labute approximate surface area is 109 Å². The summed E-state index contributed by atoms with van der Waals surface area (Å²) in [6.45, 7) is 6.39. The average molecular weight is 275 g/mol. The third kappa shape index (κ3) is 3.87. The molecule has 0 aliphatic carbocycles. The number of ether oxygens (including phenoxy) is 1. The lowest BCUT2D eigenvalue weighted by Gasteiger charge is -2.21. The molecule has 0 saturated carbocycles. The van der Waals surface area contributed by atoms with Gasteiger partial charge >= 0.3 is 12.1 Å². The summed E-state index contributed by atoms with van der Waals surface area (Å²) in [6, 6.07) is 1.57. The highest BCUT2D eigenvalue weighted by Gasteiger charge is 2.33. The van der Waals surface area contributed by atoms with E-state index in [4.69, 9.17) is 10.5 Å². The molecule has 0 radical (unpaired) electrons. The Bertz CT molecular complexity index is 502. The van der Waals surface area contributed by atoms with Crippen LogP contribution in [0.4, 0.5) is 18.9 Å². The highest BCUT2D eigenvalue weighted by molar-refractivity contribution is 5.93. The summed E-state index contributed by atoms with van der Waals surface area (Å²) in [4.78, 5) is 11.9. The molecule has 0 aromatic heterocycles. The minimum Gasteiger partial charge on any atom is -0.456 e. The Morgan fingerprint density at radius 1 is 1.21 bits per heavy atom. The van der Waals surface area contributed by atoms with Crippen molar-refractivity contribution in [1.29, 1.82) is 0 Å².